The van der Waals surface area contributed by atoms with Crippen molar-refractivity contribution in [1.29, 1.82) is 0 Å². The first-order valence-electron chi connectivity index (χ1n) is 7.87. The van der Waals surface area contributed by atoms with Crippen molar-refractivity contribution < 1.29 is 14.3 Å². The van der Waals surface area contributed by atoms with Gasteiger partial charge in [0, 0.05) is 0 Å². The molecule has 1 N–H and O–H groups in total. The van der Waals surface area contributed by atoms with Crippen molar-refractivity contribution >= 4 is 40.8 Å². The maximum Gasteiger partial charge on any atom is 0.307 e. The molecule has 6 heteroatoms. The molecule has 0 aliphatic rings. The van der Waals surface area contributed by atoms with Gasteiger partial charge in [-0.1, -0.05) is 66.5 Å². The van der Waals surface area contributed by atoms with E-state index >= 15 is 0 Å². The van der Waals surface area contributed by atoms with E-state index in [1.807, 2.05) is 37.3 Å². The Kier molecular flexibility index (Phi) is 6.85. The summed E-state index contributed by atoms with van der Waals surface area (Å²) in [6.45, 7) is 3.44. The number of benzene rings is 2. The molecule has 2 aromatic carbocycles. The van der Waals surface area contributed by atoms with Crippen LogP contribution in [-0.2, 0) is 14.3 Å². The molecule has 2 atom stereocenters. The Labute approximate surface area is 157 Å². The second kappa shape index (κ2) is 8.88. The molecule has 0 unspecified atom stereocenters. The molecule has 0 aliphatic carbocycles. The average Bonchev–Trinajstić information content (AvgIpc) is 2.58. The largest absolute Gasteiger partial charge is 0.453 e. The molecular formula is C19H19Cl2NO3. The molecule has 2 aromatic rings. The molecule has 0 radical (unpaired) electrons. The van der Waals surface area contributed by atoms with Crippen LogP contribution in [0.1, 0.15) is 31.7 Å². The van der Waals surface area contributed by atoms with Gasteiger partial charge in [0.25, 0.3) is 5.91 Å². The van der Waals surface area contributed by atoms with Gasteiger partial charge in [0.15, 0.2) is 6.10 Å². The Hall–Kier alpha value is -2.04. The van der Waals surface area contributed by atoms with Crippen LogP contribution in [0.15, 0.2) is 48.5 Å². The highest BCUT2D eigenvalue weighted by Crippen LogP contribution is 2.30. The summed E-state index contributed by atoms with van der Waals surface area (Å²) in [6, 6.07) is 14.6. The minimum Gasteiger partial charge on any atom is -0.453 e. The number of esters is 1. The van der Waals surface area contributed by atoms with Gasteiger partial charge in [-0.25, -0.2) is 0 Å². The third-order valence-electron chi connectivity index (χ3n) is 3.73. The van der Waals surface area contributed by atoms with Crippen molar-refractivity contribution in [2.45, 2.75) is 32.3 Å². The fourth-order valence-corrected chi connectivity index (χ4v) is 2.78. The maximum absolute atomic E-state index is 12.2. The zero-order chi connectivity index (χ0) is 18.4. The van der Waals surface area contributed by atoms with E-state index in [0.717, 1.165) is 5.56 Å². The first kappa shape index (κ1) is 19.3. The highest BCUT2D eigenvalue weighted by Gasteiger charge is 2.21. The monoisotopic (exact) mass is 379 g/mol. The molecule has 0 aromatic heterocycles. The lowest BCUT2D eigenvalue weighted by molar-refractivity contribution is -0.153. The summed E-state index contributed by atoms with van der Waals surface area (Å²) in [7, 11) is 0. The van der Waals surface area contributed by atoms with E-state index in [2.05, 4.69) is 5.32 Å². The van der Waals surface area contributed by atoms with Gasteiger partial charge in [0.1, 0.15) is 0 Å². The smallest absolute Gasteiger partial charge is 0.307 e. The highest BCUT2D eigenvalue weighted by atomic mass is 35.5. The normalized spacial score (nSPS) is 13.0. The minimum atomic E-state index is -0.956. The van der Waals surface area contributed by atoms with E-state index < -0.39 is 18.0 Å². The van der Waals surface area contributed by atoms with Crippen LogP contribution in [0.25, 0.3) is 0 Å². The van der Waals surface area contributed by atoms with Crippen LogP contribution in [0.4, 0.5) is 5.69 Å². The Balaban J connectivity index is 1.91. The number of hydrogen-bond donors (Lipinski definition) is 1. The van der Waals surface area contributed by atoms with E-state index in [4.69, 9.17) is 27.9 Å². The van der Waals surface area contributed by atoms with Gasteiger partial charge in [-0.3, -0.25) is 9.59 Å². The molecule has 0 heterocycles. The van der Waals surface area contributed by atoms with Crippen LogP contribution in [0.3, 0.4) is 0 Å². The van der Waals surface area contributed by atoms with Gasteiger partial charge in [-0.15, -0.1) is 0 Å². The lowest BCUT2D eigenvalue weighted by atomic mass is 9.98. The summed E-state index contributed by atoms with van der Waals surface area (Å²) >= 11 is 12.0. The zero-order valence-electron chi connectivity index (χ0n) is 14.0. The predicted molar refractivity (Wildman–Crippen MR) is 100 cm³/mol. The molecule has 0 saturated carbocycles. The molecule has 132 valence electrons. The van der Waals surface area contributed by atoms with Crippen molar-refractivity contribution in [2.24, 2.45) is 0 Å². The Morgan fingerprint density at radius 3 is 2.20 bits per heavy atom. The number of carbonyl (C=O) groups excluding carboxylic acids is 2. The van der Waals surface area contributed by atoms with Crippen LogP contribution in [-0.4, -0.2) is 18.0 Å². The molecule has 1 amide bonds. The molecular weight excluding hydrogens is 361 g/mol. The van der Waals surface area contributed by atoms with E-state index in [1.54, 1.807) is 18.2 Å². The van der Waals surface area contributed by atoms with E-state index in [9.17, 15) is 9.59 Å². The van der Waals surface area contributed by atoms with Crippen molar-refractivity contribution in [2.75, 3.05) is 5.32 Å². The van der Waals surface area contributed by atoms with E-state index in [0.29, 0.717) is 15.7 Å². The number of hydrogen-bond acceptors (Lipinski definition) is 3. The Morgan fingerprint density at radius 2 is 1.60 bits per heavy atom. The quantitative estimate of drug-likeness (QED) is 0.713. The van der Waals surface area contributed by atoms with Crippen LogP contribution < -0.4 is 5.32 Å². The molecule has 2 rings (SSSR count). The number of rotatable bonds is 6. The van der Waals surface area contributed by atoms with Crippen LogP contribution in [0, 0.1) is 0 Å². The fraction of sp³-hybridized carbons (Fsp3) is 0.263. The second-order valence-corrected chi connectivity index (χ2v) is 6.55. The summed E-state index contributed by atoms with van der Waals surface area (Å²) < 4.78 is 5.22. The van der Waals surface area contributed by atoms with Crippen LogP contribution >= 0.6 is 23.2 Å². The second-order valence-electron chi connectivity index (χ2n) is 5.73. The minimum absolute atomic E-state index is 0.00183. The fourth-order valence-electron chi connectivity index (χ4n) is 2.29. The topological polar surface area (TPSA) is 55.4 Å². The number of carbonyl (C=O) groups is 2. The van der Waals surface area contributed by atoms with Crippen molar-refractivity contribution in [3.05, 3.63) is 64.1 Å². The lowest BCUT2D eigenvalue weighted by Crippen LogP contribution is -2.30. The average molecular weight is 380 g/mol. The maximum atomic E-state index is 12.2. The van der Waals surface area contributed by atoms with E-state index in [1.165, 1.54) is 6.92 Å². The third-order valence-corrected chi connectivity index (χ3v) is 4.36. The highest BCUT2D eigenvalue weighted by molar-refractivity contribution is 6.39. The summed E-state index contributed by atoms with van der Waals surface area (Å²) in [6.07, 6.45) is -0.767. The summed E-state index contributed by atoms with van der Waals surface area (Å²) in [5.74, 6) is -0.929. The zero-order valence-corrected chi connectivity index (χ0v) is 15.5. The third kappa shape index (κ3) is 5.48. The van der Waals surface area contributed by atoms with Crippen LogP contribution in [0.2, 0.25) is 10.0 Å². The molecule has 0 bridgehead atoms. The number of para-hydroxylation sites is 1. The van der Waals surface area contributed by atoms with Gasteiger partial charge >= 0.3 is 5.97 Å². The Bertz CT molecular complexity index is 729. The standard InChI is InChI=1S/C19H19Cl2NO3/c1-12(14-7-4-3-5-8-14)11-17(23)25-13(2)19(24)22-18-15(20)9-6-10-16(18)21/h3-10,12-13H,11H2,1-2H3,(H,22,24)/t12-,13-/m1/s1. The number of nitrogens with one attached hydrogen (secondary N) is 1. The number of amides is 1. The van der Waals surface area contributed by atoms with E-state index in [-0.39, 0.29) is 12.3 Å². The summed E-state index contributed by atoms with van der Waals surface area (Å²) in [5.41, 5.74) is 1.34. The number of halogens is 2. The van der Waals surface area contributed by atoms with Gasteiger partial charge in [-0.05, 0) is 30.5 Å². The summed E-state index contributed by atoms with van der Waals surface area (Å²) in [4.78, 5) is 24.3. The number of ether oxygens (including phenoxy) is 1. The molecule has 0 spiro atoms. The molecule has 4 nitrogen and oxygen atoms in total. The first-order chi connectivity index (χ1) is 11.9. The lowest BCUT2D eigenvalue weighted by Gasteiger charge is -2.16. The summed E-state index contributed by atoms with van der Waals surface area (Å²) in [5, 5.41) is 3.22. The SMILES string of the molecule is C[C@H](CC(=O)O[C@H](C)C(=O)Nc1c(Cl)cccc1Cl)c1ccccc1. The van der Waals surface area contributed by atoms with Crippen LogP contribution in [0.5, 0.6) is 0 Å². The van der Waals surface area contributed by atoms with Gasteiger partial charge in [0.05, 0.1) is 22.2 Å². The van der Waals surface area contributed by atoms with Crippen molar-refractivity contribution in [3.63, 3.8) is 0 Å². The Morgan fingerprint density at radius 1 is 1.00 bits per heavy atom. The molecule has 0 fully saturated rings. The van der Waals surface area contributed by atoms with Gasteiger partial charge in [-0.2, -0.15) is 0 Å². The van der Waals surface area contributed by atoms with Crippen molar-refractivity contribution in [3.8, 4) is 0 Å². The molecule has 0 aliphatic heterocycles. The van der Waals surface area contributed by atoms with Gasteiger partial charge < -0.3 is 10.1 Å². The molecule has 25 heavy (non-hydrogen) atoms. The van der Waals surface area contributed by atoms with Gasteiger partial charge in [0.2, 0.25) is 0 Å². The number of anilines is 1. The molecule has 0 saturated heterocycles. The predicted octanol–water partition coefficient (Wildman–Crippen LogP) is 5.06. The van der Waals surface area contributed by atoms with Crippen molar-refractivity contribution in [1.82, 2.24) is 0 Å². The first-order valence-corrected chi connectivity index (χ1v) is 8.63.